The van der Waals surface area contributed by atoms with E-state index in [-0.39, 0.29) is 0 Å². The first-order valence-corrected chi connectivity index (χ1v) is 4.82. The Kier molecular flexibility index (Phi) is 2.58. The molecule has 0 aromatic heterocycles. The van der Waals surface area contributed by atoms with Crippen LogP contribution >= 0.6 is 0 Å². The van der Waals surface area contributed by atoms with Gasteiger partial charge in [0.05, 0.1) is 0 Å². The fraction of sp³-hybridized carbons (Fsp3) is 1.00. The highest BCUT2D eigenvalue weighted by Crippen LogP contribution is 2.41. The molecule has 0 radical (unpaired) electrons. The molecule has 1 saturated carbocycles. The molecule has 0 saturated heterocycles. The summed E-state index contributed by atoms with van der Waals surface area (Å²) in [5.74, 6) is 0.637. The summed E-state index contributed by atoms with van der Waals surface area (Å²) in [4.78, 5) is 0. The van der Waals surface area contributed by atoms with Crippen molar-refractivity contribution in [1.29, 1.82) is 0 Å². The Labute approximate surface area is 70.4 Å². The van der Waals surface area contributed by atoms with Crippen LogP contribution in [0.3, 0.4) is 0 Å². The molecule has 0 spiro atoms. The van der Waals surface area contributed by atoms with Gasteiger partial charge in [-0.15, -0.1) is 0 Å². The predicted octanol–water partition coefficient (Wildman–Crippen LogP) is 2.55. The van der Waals surface area contributed by atoms with Gasteiger partial charge in [-0.25, -0.2) is 0 Å². The van der Waals surface area contributed by atoms with Crippen LogP contribution < -0.4 is 5.73 Å². The van der Waals surface area contributed by atoms with Crippen molar-refractivity contribution in [2.24, 2.45) is 17.1 Å². The molecule has 1 aliphatic carbocycles. The molecule has 0 amide bonds. The fourth-order valence-corrected chi connectivity index (χ4v) is 2.32. The maximum absolute atomic E-state index is 6.16. The number of hydrogen-bond acceptors (Lipinski definition) is 1. The summed E-state index contributed by atoms with van der Waals surface area (Å²) < 4.78 is 0. The van der Waals surface area contributed by atoms with E-state index < -0.39 is 0 Å². The van der Waals surface area contributed by atoms with Crippen LogP contribution in [0.1, 0.15) is 46.5 Å². The van der Waals surface area contributed by atoms with Crippen molar-refractivity contribution < 1.29 is 0 Å². The maximum Gasteiger partial charge on any atom is 0.0116 e. The first-order chi connectivity index (χ1) is 5.06. The molecule has 1 nitrogen and oxygen atoms in total. The summed E-state index contributed by atoms with van der Waals surface area (Å²) >= 11 is 0. The molecule has 1 aliphatic rings. The third kappa shape index (κ3) is 1.76. The minimum Gasteiger partial charge on any atom is -0.327 e. The molecule has 11 heavy (non-hydrogen) atoms. The van der Waals surface area contributed by atoms with Gasteiger partial charge in [-0.1, -0.05) is 33.6 Å². The van der Waals surface area contributed by atoms with Crippen LogP contribution in [0.15, 0.2) is 0 Å². The van der Waals surface area contributed by atoms with Crippen molar-refractivity contribution in [3.8, 4) is 0 Å². The molecule has 1 atom stereocenters. The Hall–Kier alpha value is -0.0400. The van der Waals surface area contributed by atoms with Gasteiger partial charge in [0, 0.05) is 6.04 Å². The van der Waals surface area contributed by atoms with E-state index in [1.54, 1.807) is 0 Å². The topological polar surface area (TPSA) is 26.0 Å². The third-order valence-corrected chi connectivity index (χ3v) is 3.27. The summed E-state index contributed by atoms with van der Waals surface area (Å²) in [7, 11) is 0. The zero-order valence-corrected chi connectivity index (χ0v) is 8.06. The second kappa shape index (κ2) is 3.14. The lowest BCUT2D eigenvalue weighted by Crippen LogP contribution is -2.41. The van der Waals surface area contributed by atoms with Crippen LogP contribution in [0.4, 0.5) is 0 Å². The van der Waals surface area contributed by atoms with Crippen LogP contribution in [-0.4, -0.2) is 6.04 Å². The molecule has 2 N–H and O–H groups in total. The van der Waals surface area contributed by atoms with E-state index in [9.17, 15) is 0 Å². The van der Waals surface area contributed by atoms with Gasteiger partial charge >= 0.3 is 0 Å². The van der Waals surface area contributed by atoms with Crippen molar-refractivity contribution in [2.75, 3.05) is 0 Å². The lowest BCUT2D eigenvalue weighted by Gasteiger charge is -2.33. The average Bonchev–Trinajstić information content (AvgIpc) is 2.35. The van der Waals surface area contributed by atoms with Crippen molar-refractivity contribution in [3.63, 3.8) is 0 Å². The van der Waals surface area contributed by atoms with Gasteiger partial charge in [-0.3, -0.25) is 0 Å². The molecular formula is C10H21N. The molecule has 1 heteroatoms. The minimum atomic E-state index is 0.407. The normalized spacial score (nSPS) is 25.9. The van der Waals surface area contributed by atoms with Crippen LogP contribution in [0, 0.1) is 11.3 Å². The van der Waals surface area contributed by atoms with Crippen LogP contribution in [0.25, 0.3) is 0 Å². The van der Waals surface area contributed by atoms with Gasteiger partial charge in [0.1, 0.15) is 0 Å². The summed E-state index contributed by atoms with van der Waals surface area (Å²) in [6.45, 7) is 6.81. The molecular weight excluding hydrogens is 134 g/mol. The molecule has 1 rings (SSSR count). The van der Waals surface area contributed by atoms with Crippen LogP contribution in [0.2, 0.25) is 0 Å². The molecule has 0 aliphatic heterocycles. The highest BCUT2D eigenvalue weighted by Gasteiger charge is 2.35. The van der Waals surface area contributed by atoms with E-state index >= 15 is 0 Å². The SMILES string of the molecule is CC(C)C(N)C1(C)CCCC1. The molecule has 0 aromatic rings. The molecule has 0 aromatic carbocycles. The Morgan fingerprint density at radius 2 is 1.64 bits per heavy atom. The van der Waals surface area contributed by atoms with Gasteiger partial charge in [-0.05, 0) is 24.2 Å². The highest BCUT2D eigenvalue weighted by atomic mass is 14.7. The minimum absolute atomic E-state index is 0.407. The van der Waals surface area contributed by atoms with E-state index in [0.29, 0.717) is 17.4 Å². The fourth-order valence-electron chi connectivity index (χ4n) is 2.32. The summed E-state index contributed by atoms with van der Waals surface area (Å²) in [5, 5.41) is 0. The number of nitrogens with two attached hydrogens (primary N) is 1. The van der Waals surface area contributed by atoms with Gasteiger partial charge in [-0.2, -0.15) is 0 Å². The van der Waals surface area contributed by atoms with Crippen molar-refractivity contribution in [3.05, 3.63) is 0 Å². The van der Waals surface area contributed by atoms with E-state index in [2.05, 4.69) is 20.8 Å². The monoisotopic (exact) mass is 155 g/mol. The predicted molar refractivity (Wildman–Crippen MR) is 49.4 cm³/mol. The molecule has 0 bridgehead atoms. The zero-order valence-electron chi connectivity index (χ0n) is 8.06. The largest absolute Gasteiger partial charge is 0.327 e. The van der Waals surface area contributed by atoms with E-state index in [4.69, 9.17) is 5.73 Å². The van der Waals surface area contributed by atoms with Gasteiger partial charge in [0.2, 0.25) is 0 Å². The number of rotatable bonds is 2. The number of hydrogen-bond donors (Lipinski definition) is 1. The van der Waals surface area contributed by atoms with Crippen molar-refractivity contribution in [1.82, 2.24) is 0 Å². The Morgan fingerprint density at radius 3 is 2.00 bits per heavy atom. The first kappa shape index (κ1) is 9.05. The zero-order chi connectivity index (χ0) is 8.48. The Bertz CT molecular complexity index is 123. The lowest BCUT2D eigenvalue weighted by atomic mass is 9.76. The molecule has 66 valence electrons. The summed E-state index contributed by atoms with van der Waals surface area (Å²) in [5.41, 5.74) is 6.61. The van der Waals surface area contributed by atoms with E-state index in [1.165, 1.54) is 25.7 Å². The first-order valence-electron chi connectivity index (χ1n) is 4.82. The Balaban J connectivity index is 2.56. The maximum atomic E-state index is 6.16. The summed E-state index contributed by atoms with van der Waals surface area (Å²) in [6, 6.07) is 0.407. The second-order valence-corrected chi connectivity index (χ2v) is 4.63. The van der Waals surface area contributed by atoms with Gasteiger partial charge in [0.25, 0.3) is 0 Å². The van der Waals surface area contributed by atoms with E-state index in [0.717, 1.165) is 0 Å². The standard InChI is InChI=1S/C10H21N/c1-8(2)9(11)10(3)6-4-5-7-10/h8-9H,4-7,11H2,1-3H3. The lowest BCUT2D eigenvalue weighted by molar-refractivity contribution is 0.214. The van der Waals surface area contributed by atoms with Crippen LogP contribution in [0.5, 0.6) is 0 Å². The van der Waals surface area contributed by atoms with Gasteiger partial charge < -0.3 is 5.73 Å². The average molecular weight is 155 g/mol. The van der Waals surface area contributed by atoms with Gasteiger partial charge in [0.15, 0.2) is 0 Å². The van der Waals surface area contributed by atoms with Crippen LogP contribution in [-0.2, 0) is 0 Å². The van der Waals surface area contributed by atoms with E-state index in [1.807, 2.05) is 0 Å². The van der Waals surface area contributed by atoms with Crippen molar-refractivity contribution in [2.45, 2.75) is 52.5 Å². The summed E-state index contributed by atoms with van der Waals surface area (Å²) in [6.07, 6.45) is 5.45. The smallest absolute Gasteiger partial charge is 0.0116 e. The van der Waals surface area contributed by atoms with Crippen molar-refractivity contribution >= 4 is 0 Å². The second-order valence-electron chi connectivity index (χ2n) is 4.63. The molecule has 1 unspecified atom stereocenters. The Morgan fingerprint density at radius 1 is 1.18 bits per heavy atom. The molecule has 0 heterocycles. The quantitative estimate of drug-likeness (QED) is 0.651. The molecule has 1 fully saturated rings. The highest BCUT2D eigenvalue weighted by molar-refractivity contribution is 4.90. The third-order valence-electron chi connectivity index (χ3n) is 3.27.